The third-order valence-corrected chi connectivity index (χ3v) is 3.38. The smallest absolute Gasteiger partial charge is 0.407 e. The van der Waals surface area contributed by atoms with Gasteiger partial charge in [-0.05, 0) is 43.2 Å². The second kappa shape index (κ2) is 9.36. The fourth-order valence-corrected chi connectivity index (χ4v) is 2.13. The molecule has 0 aliphatic heterocycles. The van der Waals surface area contributed by atoms with Crippen LogP contribution in [0.4, 0.5) is 9.18 Å². The predicted molar refractivity (Wildman–Crippen MR) is 90.5 cm³/mol. The zero-order valence-corrected chi connectivity index (χ0v) is 13.9. The van der Waals surface area contributed by atoms with Crippen molar-refractivity contribution in [3.05, 3.63) is 65.2 Å². The third-order valence-electron chi connectivity index (χ3n) is 3.38. The van der Waals surface area contributed by atoms with Gasteiger partial charge in [0.25, 0.3) is 5.91 Å². The number of carbonyl (C=O) groups excluding carboxylic acids is 2. The number of alkyl carbamates (subject to hydrolysis) is 1. The van der Waals surface area contributed by atoms with Gasteiger partial charge in [-0.25, -0.2) is 9.18 Å². The van der Waals surface area contributed by atoms with Crippen LogP contribution in [0.25, 0.3) is 0 Å². The molecule has 0 atom stereocenters. The molecule has 6 nitrogen and oxygen atoms in total. The van der Waals surface area contributed by atoms with Crippen molar-refractivity contribution in [2.45, 2.75) is 19.9 Å². The summed E-state index contributed by atoms with van der Waals surface area (Å²) in [4.78, 5) is 27.5. The number of rotatable bonds is 7. The highest BCUT2D eigenvalue weighted by Gasteiger charge is 2.08. The van der Waals surface area contributed by atoms with E-state index in [-0.39, 0.29) is 24.9 Å². The van der Waals surface area contributed by atoms with Gasteiger partial charge in [0, 0.05) is 18.3 Å². The Morgan fingerprint density at radius 1 is 1.16 bits per heavy atom. The van der Waals surface area contributed by atoms with Crippen LogP contribution in [0.5, 0.6) is 0 Å². The topological polar surface area (TPSA) is 80.3 Å². The summed E-state index contributed by atoms with van der Waals surface area (Å²) in [5, 5.41) is 5.35. The van der Waals surface area contributed by atoms with Crippen molar-refractivity contribution in [1.29, 1.82) is 0 Å². The first-order valence-corrected chi connectivity index (χ1v) is 7.96. The number of hydrogen-bond donors (Lipinski definition) is 2. The molecule has 1 aromatic carbocycles. The summed E-state index contributed by atoms with van der Waals surface area (Å²) < 4.78 is 17.6. The standard InChI is InChI=1S/C18H20FN3O3/c1-2-25-18(24)22-12-16-11-14(8-10-20-16)17(23)21-9-7-13-3-5-15(19)6-4-13/h3-6,8,10-11H,2,7,9,12H2,1H3,(H,21,23)(H,22,24). The van der Waals surface area contributed by atoms with Crippen LogP contribution >= 0.6 is 0 Å². The van der Waals surface area contributed by atoms with Crippen LogP contribution in [-0.4, -0.2) is 30.1 Å². The Morgan fingerprint density at radius 2 is 1.92 bits per heavy atom. The second-order valence-corrected chi connectivity index (χ2v) is 5.24. The van der Waals surface area contributed by atoms with Gasteiger partial charge in [-0.2, -0.15) is 0 Å². The summed E-state index contributed by atoms with van der Waals surface area (Å²) in [7, 11) is 0. The Balaban J connectivity index is 1.83. The number of amides is 2. The Labute approximate surface area is 145 Å². The normalized spacial score (nSPS) is 10.2. The minimum Gasteiger partial charge on any atom is -0.450 e. The average Bonchev–Trinajstić information content (AvgIpc) is 2.62. The molecule has 0 fully saturated rings. The van der Waals surface area contributed by atoms with E-state index in [1.165, 1.54) is 18.3 Å². The molecule has 25 heavy (non-hydrogen) atoms. The fraction of sp³-hybridized carbons (Fsp3) is 0.278. The van der Waals surface area contributed by atoms with Crippen molar-refractivity contribution in [2.24, 2.45) is 0 Å². The molecule has 0 bridgehead atoms. The van der Waals surface area contributed by atoms with Crippen LogP contribution in [0.15, 0.2) is 42.6 Å². The number of nitrogens with zero attached hydrogens (tertiary/aromatic N) is 1. The molecule has 1 heterocycles. The molecule has 2 N–H and O–H groups in total. The molecule has 0 saturated heterocycles. The van der Waals surface area contributed by atoms with E-state index in [9.17, 15) is 14.0 Å². The van der Waals surface area contributed by atoms with Gasteiger partial charge in [0.15, 0.2) is 0 Å². The largest absolute Gasteiger partial charge is 0.450 e. The van der Waals surface area contributed by atoms with Crippen molar-refractivity contribution in [3.8, 4) is 0 Å². The molecular weight excluding hydrogens is 325 g/mol. The lowest BCUT2D eigenvalue weighted by atomic mass is 10.1. The van der Waals surface area contributed by atoms with Gasteiger partial charge >= 0.3 is 6.09 Å². The van der Waals surface area contributed by atoms with E-state index in [1.807, 2.05) is 0 Å². The molecule has 2 aromatic rings. The fourth-order valence-electron chi connectivity index (χ4n) is 2.13. The van der Waals surface area contributed by atoms with E-state index in [1.54, 1.807) is 31.2 Å². The summed E-state index contributed by atoms with van der Waals surface area (Å²) in [6.07, 6.45) is 1.59. The highest BCUT2D eigenvalue weighted by atomic mass is 19.1. The van der Waals surface area contributed by atoms with E-state index in [0.717, 1.165) is 5.56 Å². The first-order valence-electron chi connectivity index (χ1n) is 7.96. The van der Waals surface area contributed by atoms with Crippen LogP contribution in [0.1, 0.15) is 28.5 Å². The highest BCUT2D eigenvalue weighted by Crippen LogP contribution is 2.04. The first kappa shape index (κ1) is 18.4. The maximum atomic E-state index is 12.8. The minimum atomic E-state index is -0.529. The number of nitrogens with one attached hydrogen (secondary N) is 2. The van der Waals surface area contributed by atoms with Gasteiger partial charge < -0.3 is 15.4 Å². The van der Waals surface area contributed by atoms with Gasteiger partial charge in [-0.15, -0.1) is 0 Å². The SMILES string of the molecule is CCOC(=O)NCc1cc(C(=O)NCCc2ccc(F)cc2)ccn1. The molecular formula is C18H20FN3O3. The Bertz CT molecular complexity index is 720. The lowest BCUT2D eigenvalue weighted by Crippen LogP contribution is -2.27. The van der Waals surface area contributed by atoms with Crippen molar-refractivity contribution < 1.29 is 18.7 Å². The Hall–Kier alpha value is -2.96. The lowest BCUT2D eigenvalue weighted by molar-refractivity contribution is 0.0954. The van der Waals surface area contributed by atoms with Crippen molar-refractivity contribution in [1.82, 2.24) is 15.6 Å². The van der Waals surface area contributed by atoms with Crippen LogP contribution in [0, 0.1) is 5.82 Å². The van der Waals surface area contributed by atoms with Crippen LogP contribution < -0.4 is 10.6 Å². The summed E-state index contributed by atoms with van der Waals surface area (Å²) >= 11 is 0. The van der Waals surface area contributed by atoms with E-state index in [2.05, 4.69) is 15.6 Å². The minimum absolute atomic E-state index is 0.176. The third kappa shape index (κ3) is 6.21. The zero-order valence-electron chi connectivity index (χ0n) is 13.9. The number of aromatic nitrogens is 1. The number of carbonyl (C=O) groups is 2. The molecule has 132 valence electrons. The van der Waals surface area contributed by atoms with Crippen molar-refractivity contribution >= 4 is 12.0 Å². The molecule has 2 rings (SSSR count). The van der Waals surface area contributed by atoms with Gasteiger partial charge in [-0.1, -0.05) is 12.1 Å². The summed E-state index contributed by atoms with van der Waals surface area (Å²) in [5.74, 6) is -0.518. The van der Waals surface area contributed by atoms with Gasteiger partial charge in [0.2, 0.25) is 0 Å². The molecule has 7 heteroatoms. The number of benzene rings is 1. The number of ether oxygens (including phenoxy) is 1. The molecule has 1 aromatic heterocycles. The highest BCUT2D eigenvalue weighted by molar-refractivity contribution is 5.94. The Morgan fingerprint density at radius 3 is 2.64 bits per heavy atom. The maximum absolute atomic E-state index is 12.8. The van der Waals surface area contributed by atoms with Gasteiger partial charge in [0.1, 0.15) is 5.82 Å². The predicted octanol–water partition coefficient (Wildman–Crippen LogP) is 2.44. The van der Waals surface area contributed by atoms with Crippen molar-refractivity contribution in [2.75, 3.05) is 13.2 Å². The van der Waals surface area contributed by atoms with Crippen LogP contribution in [0.2, 0.25) is 0 Å². The Kier molecular flexibility index (Phi) is 6.88. The molecule has 0 spiro atoms. The van der Waals surface area contributed by atoms with Gasteiger partial charge in [0.05, 0.1) is 18.8 Å². The van der Waals surface area contributed by atoms with Crippen LogP contribution in [0.3, 0.4) is 0 Å². The second-order valence-electron chi connectivity index (χ2n) is 5.24. The molecule has 0 aliphatic rings. The molecule has 2 amide bonds. The summed E-state index contributed by atoms with van der Waals surface area (Å²) in [5.41, 5.74) is 1.95. The molecule has 0 unspecified atom stereocenters. The van der Waals surface area contributed by atoms with Gasteiger partial charge in [-0.3, -0.25) is 9.78 Å². The van der Waals surface area contributed by atoms with E-state index >= 15 is 0 Å². The lowest BCUT2D eigenvalue weighted by Gasteiger charge is -2.08. The molecule has 0 radical (unpaired) electrons. The number of halogens is 1. The average molecular weight is 345 g/mol. The van der Waals surface area contributed by atoms with Crippen LogP contribution in [-0.2, 0) is 17.7 Å². The monoisotopic (exact) mass is 345 g/mol. The summed E-state index contributed by atoms with van der Waals surface area (Å²) in [6.45, 7) is 2.61. The molecule has 0 aliphatic carbocycles. The number of pyridine rings is 1. The quantitative estimate of drug-likeness (QED) is 0.808. The molecule has 0 saturated carbocycles. The first-order chi connectivity index (χ1) is 12.1. The maximum Gasteiger partial charge on any atom is 0.407 e. The van der Waals surface area contributed by atoms with Crippen molar-refractivity contribution in [3.63, 3.8) is 0 Å². The van der Waals surface area contributed by atoms with E-state index in [4.69, 9.17) is 4.74 Å². The zero-order chi connectivity index (χ0) is 18.1. The van der Waals surface area contributed by atoms with E-state index in [0.29, 0.717) is 24.2 Å². The van der Waals surface area contributed by atoms with E-state index < -0.39 is 6.09 Å². The summed E-state index contributed by atoms with van der Waals surface area (Å²) in [6, 6.07) is 9.37. The number of hydrogen-bond acceptors (Lipinski definition) is 4.